The average molecular weight is 311 g/mol. The number of nitriles is 1. The SMILES string of the molecule is N#Cc1cc(-c2nc(-c3ccc(F)cn3)no2)cc([N+](=O)[O-])c1. The van der Waals surface area contributed by atoms with E-state index in [4.69, 9.17) is 9.78 Å². The van der Waals surface area contributed by atoms with Gasteiger partial charge in [0.1, 0.15) is 11.5 Å². The van der Waals surface area contributed by atoms with E-state index in [0.717, 1.165) is 12.3 Å². The molecular weight excluding hydrogens is 305 g/mol. The van der Waals surface area contributed by atoms with Crippen molar-refractivity contribution in [3.05, 3.63) is 58.0 Å². The Morgan fingerprint density at radius 1 is 1.30 bits per heavy atom. The van der Waals surface area contributed by atoms with Crippen molar-refractivity contribution in [3.63, 3.8) is 0 Å². The van der Waals surface area contributed by atoms with Crippen LogP contribution in [-0.2, 0) is 0 Å². The van der Waals surface area contributed by atoms with Gasteiger partial charge >= 0.3 is 0 Å². The van der Waals surface area contributed by atoms with Crippen LogP contribution in [0.1, 0.15) is 5.56 Å². The number of rotatable bonds is 3. The van der Waals surface area contributed by atoms with Crippen molar-refractivity contribution >= 4 is 5.69 Å². The van der Waals surface area contributed by atoms with E-state index in [9.17, 15) is 14.5 Å². The molecule has 0 aliphatic carbocycles. The minimum absolute atomic E-state index is 0.00803. The van der Waals surface area contributed by atoms with E-state index in [-0.39, 0.29) is 34.2 Å². The number of hydrogen-bond acceptors (Lipinski definition) is 7. The number of nitro groups is 1. The van der Waals surface area contributed by atoms with Gasteiger partial charge in [-0.1, -0.05) is 5.16 Å². The summed E-state index contributed by atoms with van der Waals surface area (Å²) in [6.07, 6.45) is 1.01. The summed E-state index contributed by atoms with van der Waals surface area (Å²) in [5.41, 5.74) is 0.344. The lowest BCUT2D eigenvalue weighted by Crippen LogP contribution is -1.91. The van der Waals surface area contributed by atoms with Crippen molar-refractivity contribution in [2.45, 2.75) is 0 Å². The van der Waals surface area contributed by atoms with Crippen LogP contribution in [0.3, 0.4) is 0 Å². The van der Waals surface area contributed by atoms with Crippen molar-refractivity contribution in [1.29, 1.82) is 5.26 Å². The summed E-state index contributed by atoms with van der Waals surface area (Å²) in [5.74, 6) is -0.411. The third kappa shape index (κ3) is 2.86. The zero-order valence-electron chi connectivity index (χ0n) is 11.3. The van der Waals surface area contributed by atoms with Gasteiger partial charge in [0.2, 0.25) is 5.82 Å². The molecule has 3 aromatic rings. The molecule has 0 unspecified atom stereocenters. The lowest BCUT2D eigenvalue weighted by atomic mass is 10.1. The Morgan fingerprint density at radius 2 is 2.13 bits per heavy atom. The third-order valence-corrected chi connectivity index (χ3v) is 2.89. The Hall–Kier alpha value is -3.67. The van der Waals surface area contributed by atoms with Crippen LogP contribution in [0.4, 0.5) is 10.1 Å². The number of benzene rings is 1. The van der Waals surface area contributed by atoms with Gasteiger partial charge in [0, 0.05) is 17.7 Å². The number of nitrogens with zero attached hydrogens (tertiary/aromatic N) is 5. The molecule has 0 amide bonds. The van der Waals surface area contributed by atoms with E-state index in [2.05, 4.69) is 15.1 Å². The fourth-order valence-electron chi connectivity index (χ4n) is 1.86. The molecule has 9 heteroatoms. The van der Waals surface area contributed by atoms with Crippen molar-refractivity contribution in [2.75, 3.05) is 0 Å². The quantitative estimate of drug-likeness (QED) is 0.538. The van der Waals surface area contributed by atoms with Gasteiger partial charge in [-0.25, -0.2) is 9.37 Å². The van der Waals surface area contributed by atoms with Crippen LogP contribution in [0.2, 0.25) is 0 Å². The Balaban J connectivity index is 2.03. The molecule has 3 rings (SSSR count). The van der Waals surface area contributed by atoms with Crippen molar-refractivity contribution in [1.82, 2.24) is 15.1 Å². The highest BCUT2D eigenvalue weighted by atomic mass is 19.1. The summed E-state index contributed by atoms with van der Waals surface area (Å²) in [6, 6.07) is 8.15. The molecule has 2 aromatic heterocycles. The largest absolute Gasteiger partial charge is 0.334 e. The second kappa shape index (κ2) is 5.61. The highest BCUT2D eigenvalue weighted by molar-refractivity contribution is 5.63. The Kier molecular flexibility index (Phi) is 3.48. The van der Waals surface area contributed by atoms with Crippen LogP contribution >= 0.6 is 0 Å². The first-order chi connectivity index (χ1) is 11.1. The highest BCUT2D eigenvalue weighted by Crippen LogP contribution is 2.26. The van der Waals surface area contributed by atoms with E-state index < -0.39 is 10.7 Å². The molecule has 2 heterocycles. The lowest BCUT2D eigenvalue weighted by molar-refractivity contribution is -0.384. The minimum Gasteiger partial charge on any atom is -0.334 e. The topological polar surface area (TPSA) is 119 Å². The first-order valence-electron chi connectivity index (χ1n) is 6.22. The minimum atomic E-state index is -0.622. The number of nitro benzene ring substituents is 1. The summed E-state index contributed by atoms with van der Waals surface area (Å²) in [7, 11) is 0. The van der Waals surface area contributed by atoms with Gasteiger partial charge in [-0.15, -0.1) is 0 Å². The first kappa shape index (κ1) is 14.3. The molecule has 0 saturated heterocycles. The molecule has 0 atom stereocenters. The van der Waals surface area contributed by atoms with E-state index in [1.54, 1.807) is 0 Å². The predicted molar refractivity (Wildman–Crippen MR) is 74.3 cm³/mol. The smallest absolute Gasteiger partial charge is 0.271 e. The molecule has 0 spiro atoms. The monoisotopic (exact) mass is 311 g/mol. The van der Waals surface area contributed by atoms with Gasteiger partial charge in [0.15, 0.2) is 0 Å². The molecular formula is C14H6FN5O3. The van der Waals surface area contributed by atoms with Gasteiger partial charge in [-0.2, -0.15) is 10.2 Å². The van der Waals surface area contributed by atoms with E-state index in [0.29, 0.717) is 0 Å². The molecule has 8 nitrogen and oxygen atoms in total. The maximum absolute atomic E-state index is 12.9. The van der Waals surface area contributed by atoms with Gasteiger partial charge in [0.25, 0.3) is 11.6 Å². The van der Waals surface area contributed by atoms with E-state index in [1.165, 1.54) is 24.3 Å². The summed E-state index contributed by atoms with van der Waals surface area (Å²) in [6.45, 7) is 0. The van der Waals surface area contributed by atoms with Crippen LogP contribution in [-0.4, -0.2) is 20.0 Å². The molecule has 0 saturated carbocycles. The van der Waals surface area contributed by atoms with Gasteiger partial charge in [-0.3, -0.25) is 10.1 Å². The second-order valence-electron chi connectivity index (χ2n) is 4.42. The lowest BCUT2D eigenvalue weighted by Gasteiger charge is -1.96. The molecule has 0 N–H and O–H groups in total. The fraction of sp³-hybridized carbons (Fsp3) is 0. The van der Waals surface area contributed by atoms with E-state index in [1.807, 2.05) is 6.07 Å². The fourth-order valence-corrected chi connectivity index (χ4v) is 1.86. The first-order valence-corrected chi connectivity index (χ1v) is 6.22. The predicted octanol–water partition coefficient (Wildman–Crippen LogP) is 2.72. The summed E-state index contributed by atoms with van der Waals surface area (Å²) in [5, 5.41) is 23.5. The summed E-state index contributed by atoms with van der Waals surface area (Å²) >= 11 is 0. The standard InChI is InChI=1S/C14H6FN5O3/c15-10-1-2-12(17-7-10)13-18-14(23-19-13)9-3-8(6-16)4-11(5-9)20(21)22/h1-5,7H. The zero-order chi connectivity index (χ0) is 16.4. The number of non-ortho nitro benzene ring substituents is 1. The van der Waals surface area contributed by atoms with Gasteiger partial charge < -0.3 is 4.52 Å². The van der Waals surface area contributed by atoms with Crippen LogP contribution < -0.4 is 0 Å². The second-order valence-corrected chi connectivity index (χ2v) is 4.42. The molecule has 0 fully saturated rings. The number of hydrogen-bond donors (Lipinski definition) is 0. The third-order valence-electron chi connectivity index (χ3n) is 2.89. The Labute approximate surface area is 128 Å². The molecule has 0 aliphatic rings. The Bertz CT molecular complexity index is 930. The van der Waals surface area contributed by atoms with Crippen LogP contribution in [0.25, 0.3) is 23.0 Å². The van der Waals surface area contributed by atoms with Crippen LogP contribution in [0.15, 0.2) is 41.1 Å². The highest BCUT2D eigenvalue weighted by Gasteiger charge is 2.16. The molecule has 0 bridgehead atoms. The van der Waals surface area contributed by atoms with Crippen LogP contribution in [0.5, 0.6) is 0 Å². The summed E-state index contributed by atoms with van der Waals surface area (Å²) < 4.78 is 17.9. The average Bonchev–Trinajstić information content (AvgIpc) is 3.05. The molecule has 0 radical (unpaired) electrons. The normalized spacial score (nSPS) is 10.3. The maximum atomic E-state index is 12.9. The molecule has 1 aromatic carbocycles. The molecule has 23 heavy (non-hydrogen) atoms. The number of pyridine rings is 1. The van der Waals surface area contributed by atoms with Crippen LogP contribution in [0, 0.1) is 27.3 Å². The molecule has 0 aliphatic heterocycles. The van der Waals surface area contributed by atoms with Crippen molar-refractivity contribution in [3.8, 4) is 29.0 Å². The zero-order valence-corrected chi connectivity index (χ0v) is 11.3. The maximum Gasteiger partial charge on any atom is 0.271 e. The van der Waals surface area contributed by atoms with Gasteiger partial charge in [0.05, 0.1) is 22.8 Å². The Morgan fingerprint density at radius 3 is 2.78 bits per heavy atom. The molecule has 112 valence electrons. The van der Waals surface area contributed by atoms with Gasteiger partial charge in [-0.05, 0) is 18.2 Å². The summed E-state index contributed by atoms with van der Waals surface area (Å²) in [4.78, 5) is 18.1. The van der Waals surface area contributed by atoms with Crippen molar-refractivity contribution in [2.24, 2.45) is 0 Å². The van der Waals surface area contributed by atoms with E-state index >= 15 is 0 Å². The van der Waals surface area contributed by atoms with Crippen molar-refractivity contribution < 1.29 is 13.8 Å². The number of aromatic nitrogens is 3. The number of halogens is 1.